The van der Waals surface area contributed by atoms with Gasteiger partial charge in [0.1, 0.15) is 5.58 Å². The Morgan fingerprint density at radius 1 is 1.08 bits per heavy atom. The summed E-state index contributed by atoms with van der Waals surface area (Å²) in [5.41, 5.74) is 5.24. The third-order valence-electron chi connectivity index (χ3n) is 4.42. The molecule has 4 heteroatoms. The second-order valence-corrected chi connectivity index (χ2v) is 6.46. The van der Waals surface area contributed by atoms with E-state index >= 15 is 0 Å². The van der Waals surface area contributed by atoms with Crippen molar-refractivity contribution in [2.75, 3.05) is 19.0 Å². The number of rotatable bonds is 6. The van der Waals surface area contributed by atoms with Crippen molar-refractivity contribution in [2.45, 2.75) is 26.3 Å². The lowest BCUT2D eigenvalue weighted by molar-refractivity contribution is -0.120. The highest BCUT2D eigenvalue weighted by Crippen LogP contribution is 2.23. The molecule has 0 bridgehead atoms. The van der Waals surface area contributed by atoms with Gasteiger partial charge in [-0.3, -0.25) is 4.79 Å². The highest BCUT2D eigenvalue weighted by atomic mass is 16.3. The molecule has 0 aliphatic carbocycles. The van der Waals surface area contributed by atoms with E-state index in [0.717, 1.165) is 34.2 Å². The summed E-state index contributed by atoms with van der Waals surface area (Å²) in [7, 11) is 4.02. The minimum absolute atomic E-state index is 0.000968. The van der Waals surface area contributed by atoms with Gasteiger partial charge in [0.25, 0.3) is 0 Å². The van der Waals surface area contributed by atoms with Crippen LogP contribution < -0.4 is 10.2 Å². The van der Waals surface area contributed by atoms with Crippen LogP contribution in [0.1, 0.15) is 23.6 Å². The Kier molecular flexibility index (Phi) is 5.08. The highest BCUT2D eigenvalue weighted by molar-refractivity contribution is 5.87. The molecule has 3 aromatic rings. The molecule has 0 saturated heterocycles. The molecular formula is C21H24N2O2. The number of carbonyl (C=O) groups excluding carboxylic acids is 1. The van der Waals surface area contributed by atoms with E-state index in [9.17, 15) is 4.79 Å². The largest absolute Gasteiger partial charge is 0.464 e. The molecule has 2 aromatic carbocycles. The van der Waals surface area contributed by atoms with Crippen LogP contribution in [0.25, 0.3) is 11.0 Å². The molecule has 3 rings (SSSR count). The van der Waals surface area contributed by atoms with Gasteiger partial charge in [-0.25, -0.2) is 0 Å². The molecule has 0 fully saturated rings. The van der Waals surface area contributed by atoms with Gasteiger partial charge in [0.05, 0.1) is 12.7 Å². The number of hydrogen-bond donors (Lipinski definition) is 1. The summed E-state index contributed by atoms with van der Waals surface area (Å²) in [6.07, 6.45) is 2.99. The van der Waals surface area contributed by atoms with Crippen LogP contribution in [0.5, 0.6) is 0 Å². The van der Waals surface area contributed by atoms with E-state index < -0.39 is 0 Å². The van der Waals surface area contributed by atoms with Crippen LogP contribution in [0.2, 0.25) is 0 Å². The number of benzene rings is 2. The number of nitrogens with one attached hydrogen (secondary N) is 1. The van der Waals surface area contributed by atoms with Crippen LogP contribution in [-0.2, 0) is 24.2 Å². The summed E-state index contributed by atoms with van der Waals surface area (Å²) in [5.74, 6) is -0.000968. The summed E-state index contributed by atoms with van der Waals surface area (Å²) in [6, 6.07) is 14.4. The van der Waals surface area contributed by atoms with E-state index in [-0.39, 0.29) is 5.91 Å². The number of fused-ring (bicyclic) bond motifs is 1. The average molecular weight is 336 g/mol. The topological polar surface area (TPSA) is 45.5 Å². The van der Waals surface area contributed by atoms with Crippen LogP contribution in [0.15, 0.2) is 53.1 Å². The lowest BCUT2D eigenvalue weighted by atomic mass is 10.1. The van der Waals surface area contributed by atoms with Gasteiger partial charge in [-0.15, -0.1) is 0 Å². The minimum Gasteiger partial charge on any atom is -0.464 e. The van der Waals surface area contributed by atoms with E-state index in [1.54, 1.807) is 6.26 Å². The third kappa shape index (κ3) is 4.02. The van der Waals surface area contributed by atoms with E-state index in [0.29, 0.717) is 13.0 Å². The van der Waals surface area contributed by atoms with Gasteiger partial charge in [-0.05, 0) is 35.7 Å². The lowest BCUT2D eigenvalue weighted by Gasteiger charge is -2.12. The smallest absolute Gasteiger partial charge is 0.224 e. The zero-order chi connectivity index (χ0) is 17.8. The van der Waals surface area contributed by atoms with Gasteiger partial charge < -0.3 is 14.6 Å². The molecule has 4 nitrogen and oxygen atoms in total. The van der Waals surface area contributed by atoms with Crippen molar-refractivity contribution in [1.82, 2.24) is 5.32 Å². The molecular weight excluding hydrogens is 312 g/mol. The maximum Gasteiger partial charge on any atom is 0.224 e. The number of carbonyl (C=O) groups is 1. The fourth-order valence-electron chi connectivity index (χ4n) is 2.83. The Morgan fingerprint density at radius 2 is 1.80 bits per heavy atom. The molecule has 0 atom stereocenters. The van der Waals surface area contributed by atoms with Gasteiger partial charge in [0.15, 0.2) is 0 Å². The van der Waals surface area contributed by atoms with Crippen LogP contribution in [0.4, 0.5) is 5.69 Å². The molecule has 1 amide bonds. The van der Waals surface area contributed by atoms with Crippen LogP contribution in [-0.4, -0.2) is 20.0 Å². The summed E-state index contributed by atoms with van der Waals surface area (Å²) < 4.78 is 5.61. The zero-order valence-electron chi connectivity index (χ0n) is 15.0. The molecule has 0 spiro atoms. The Labute approximate surface area is 148 Å². The van der Waals surface area contributed by atoms with E-state index in [4.69, 9.17) is 4.42 Å². The van der Waals surface area contributed by atoms with Crippen molar-refractivity contribution >= 4 is 22.6 Å². The average Bonchev–Trinajstić information content (AvgIpc) is 3.02. The zero-order valence-corrected chi connectivity index (χ0v) is 15.0. The van der Waals surface area contributed by atoms with Crippen molar-refractivity contribution in [3.63, 3.8) is 0 Å². The van der Waals surface area contributed by atoms with Crippen molar-refractivity contribution in [3.8, 4) is 0 Å². The molecule has 1 N–H and O–H groups in total. The van der Waals surface area contributed by atoms with Crippen molar-refractivity contribution < 1.29 is 9.21 Å². The SMILES string of the molecule is CCc1ccc2c(CC(=O)NCc3ccc(N(C)C)cc3)coc2c1. The Bertz CT molecular complexity index is 863. The normalized spacial score (nSPS) is 10.8. The number of nitrogens with zero attached hydrogens (tertiary/aromatic N) is 1. The summed E-state index contributed by atoms with van der Waals surface area (Å²) in [6.45, 7) is 2.64. The number of aryl methyl sites for hydroxylation is 1. The number of amides is 1. The quantitative estimate of drug-likeness (QED) is 0.742. The van der Waals surface area contributed by atoms with Crippen LogP contribution in [0.3, 0.4) is 0 Å². The molecule has 0 saturated carbocycles. The van der Waals surface area contributed by atoms with Crippen molar-refractivity contribution in [2.24, 2.45) is 0 Å². The van der Waals surface area contributed by atoms with E-state index in [1.165, 1.54) is 5.56 Å². The third-order valence-corrected chi connectivity index (χ3v) is 4.42. The fraction of sp³-hybridized carbons (Fsp3) is 0.286. The van der Waals surface area contributed by atoms with Crippen molar-refractivity contribution in [3.05, 3.63) is 65.4 Å². The van der Waals surface area contributed by atoms with Gasteiger partial charge in [0.2, 0.25) is 5.91 Å². The second-order valence-electron chi connectivity index (χ2n) is 6.46. The van der Waals surface area contributed by atoms with E-state index in [1.807, 2.05) is 38.4 Å². The summed E-state index contributed by atoms with van der Waals surface area (Å²) >= 11 is 0. The van der Waals surface area contributed by atoms with Crippen molar-refractivity contribution in [1.29, 1.82) is 0 Å². The van der Waals surface area contributed by atoms with Gasteiger partial charge in [0, 0.05) is 37.3 Å². The molecule has 0 aliphatic heterocycles. The van der Waals surface area contributed by atoms with Gasteiger partial charge in [-0.1, -0.05) is 31.2 Å². The number of hydrogen-bond acceptors (Lipinski definition) is 3. The lowest BCUT2D eigenvalue weighted by Crippen LogP contribution is -2.24. The first-order valence-corrected chi connectivity index (χ1v) is 8.58. The molecule has 0 radical (unpaired) electrons. The second kappa shape index (κ2) is 7.43. The highest BCUT2D eigenvalue weighted by Gasteiger charge is 2.11. The van der Waals surface area contributed by atoms with E-state index in [2.05, 4.69) is 35.3 Å². The minimum atomic E-state index is -0.000968. The number of anilines is 1. The molecule has 1 aromatic heterocycles. The predicted molar refractivity (Wildman–Crippen MR) is 102 cm³/mol. The molecule has 25 heavy (non-hydrogen) atoms. The maximum absolute atomic E-state index is 12.3. The first-order valence-electron chi connectivity index (χ1n) is 8.58. The first kappa shape index (κ1) is 17.1. The number of furan rings is 1. The van der Waals surface area contributed by atoms with Crippen LogP contribution >= 0.6 is 0 Å². The molecule has 1 heterocycles. The molecule has 0 unspecified atom stereocenters. The standard InChI is InChI=1S/C21H24N2O2/c1-4-15-7-10-19-17(14-25-20(19)11-15)12-21(24)22-13-16-5-8-18(9-6-16)23(2)3/h5-11,14H,4,12-13H2,1-3H3,(H,22,24). The van der Waals surface area contributed by atoms with Gasteiger partial charge in [-0.2, -0.15) is 0 Å². The Balaban J connectivity index is 1.61. The predicted octanol–water partition coefficient (Wildman–Crippen LogP) is 3.92. The van der Waals surface area contributed by atoms with Gasteiger partial charge >= 0.3 is 0 Å². The maximum atomic E-state index is 12.3. The fourth-order valence-corrected chi connectivity index (χ4v) is 2.83. The van der Waals surface area contributed by atoms with Crippen LogP contribution in [0, 0.1) is 0 Å². The molecule has 0 aliphatic rings. The Morgan fingerprint density at radius 3 is 2.48 bits per heavy atom. The summed E-state index contributed by atoms with van der Waals surface area (Å²) in [4.78, 5) is 14.3. The summed E-state index contributed by atoms with van der Waals surface area (Å²) in [5, 5.41) is 4.00. The first-order chi connectivity index (χ1) is 12.1. The molecule has 130 valence electrons. The monoisotopic (exact) mass is 336 g/mol. The Hall–Kier alpha value is -2.75.